The Bertz CT molecular complexity index is 668. The van der Waals surface area contributed by atoms with Crippen molar-refractivity contribution in [3.05, 3.63) is 18.3 Å². The van der Waals surface area contributed by atoms with Gasteiger partial charge in [0, 0.05) is 45.8 Å². The zero-order valence-corrected chi connectivity index (χ0v) is 14.5. The van der Waals surface area contributed by atoms with Gasteiger partial charge in [0.1, 0.15) is 5.82 Å². The van der Waals surface area contributed by atoms with Crippen LogP contribution < -0.4 is 9.80 Å². The van der Waals surface area contributed by atoms with Crippen LogP contribution >= 0.6 is 0 Å². The molecular weight excluding hydrogens is 318 g/mol. The monoisotopic (exact) mass is 341 g/mol. The Morgan fingerprint density at radius 3 is 2.72 bits per heavy atom. The summed E-state index contributed by atoms with van der Waals surface area (Å²) in [5.41, 5.74) is 0.366. The Morgan fingerprint density at radius 2 is 2.12 bits per heavy atom. The van der Waals surface area contributed by atoms with Gasteiger partial charge in [-0.1, -0.05) is 0 Å². The van der Waals surface area contributed by atoms with Gasteiger partial charge >= 0.3 is 0 Å². The van der Waals surface area contributed by atoms with Crippen molar-refractivity contribution in [1.29, 1.82) is 0 Å². The van der Waals surface area contributed by atoms with Gasteiger partial charge < -0.3 is 14.5 Å². The van der Waals surface area contributed by atoms with Crippen molar-refractivity contribution in [2.45, 2.75) is 31.3 Å². The first-order valence-corrected chi connectivity index (χ1v) is 8.56. The predicted octanol–water partition coefficient (Wildman–Crippen LogP) is 2.24. The van der Waals surface area contributed by atoms with Gasteiger partial charge in [0.15, 0.2) is 5.66 Å². The van der Waals surface area contributed by atoms with Crippen LogP contribution in [0.5, 0.6) is 0 Å². The van der Waals surface area contributed by atoms with Crippen molar-refractivity contribution in [2.75, 3.05) is 43.2 Å². The second-order valence-electron chi connectivity index (χ2n) is 6.31. The molecule has 1 aromatic heterocycles. The van der Waals surface area contributed by atoms with E-state index in [4.69, 9.17) is 11.2 Å². The number of carbonyl (C=O) groups is 1. The highest BCUT2D eigenvalue weighted by Crippen LogP contribution is 2.37. The van der Waals surface area contributed by atoms with Crippen molar-refractivity contribution in [2.24, 2.45) is 10.2 Å². The van der Waals surface area contributed by atoms with Crippen LogP contribution in [0.15, 0.2) is 28.6 Å². The Hall–Kier alpha value is -2.46. The molecule has 2 aliphatic rings. The smallest absolute Gasteiger partial charge is 0.226 e. The number of morpholine rings is 1. The summed E-state index contributed by atoms with van der Waals surface area (Å²) in [7, 11) is 1.77. The lowest BCUT2D eigenvalue weighted by molar-refractivity contribution is -0.118. The van der Waals surface area contributed by atoms with Crippen LogP contribution in [-0.4, -0.2) is 49.9 Å². The van der Waals surface area contributed by atoms with Gasteiger partial charge in [-0.25, -0.2) is 4.98 Å². The first kappa shape index (κ1) is 17.4. The van der Waals surface area contributed by atoms with Gasteiger partial charge in [-0.3, -0.25) is 4.79 Å². The molecule has 2 aliphatic heterocycles. The van der Waals surface area contributed by atoms with E-state index in [-0.39, 0.29) is 5.91 Å². The molecule has 7 nitrogen and oxygen atoms in total. The van der Waals surface area contributed by atoms with Crippen molar-refractivity contribution in [3.63, 3.8) is 0 Å². The minimum Gasteiger partial charge on any atom is -0.378 e. The van der Waals surface area contributed by atoms with Crippen LogP contribution in [0.1, 0.15) is 25.7 Å². The molecule has 0 aliphatic carbocycles. The molecule has 1 amide bonds. The van der Waals surface area contributed by atoms with E-state index in [0.717, 1.165) is 44.2 Å². The van der Waals surface area contributed by atoms with Crippen LogP contribution in [0.2, 0.25) is 0 Å². The molecule has 0 bridgehead atoms. The van der Waals surface area contributed by atoms with Crippen molar-refractivity contribution < 1.29 is 9.53 Å². The van der Waals surface area contributed by atoms with E-state index in [0.29, 0.717) is 19.3 Å². The number of carbonyl (C=O) groups excluding carboxylic acids is 1. The normalized spacial score (nSPS) is 17.8. The van der Waals surface area contributed by atoms with Crippen LogP contribution in [0.25, 0.3) is 0 Å². The van der Waals surface area contributed by atoms with Gasteiger partial charge in [-0.05, 0) is 12.1 Å². The highest BCUT2D eigenvalue weighted by molar-refractivity contribution is 5.92. The lowest BCUT2D eigenvalue weighted by Crippen LogP contribution is -2.36. The summed E-state index contributed by atoms with van der Waals surface area (Å²) in [5.74, 6) is 3.54. The van der Waals surface area contributed by atoms with E-state index >= 15 is 0 Å². The molecule has 0 saturated carbocycles. The lowest BCUT2D eigenvalue weighted by atomic mass is 10.0. The van der Waals surface area contributed by atoms with E-state index in [1.54, 1.807) is 18.1 Å². The third kappa shape index (κ3) is 4.34. The maximum atomic E-state index is 12.4. The maximum absolute atomic E-state index is 12.4. The predicted molar refractivity (Wildman–Crippen MR) is 95.6 cm³/mol. The average molecular weight is 341 g/mol. The molecule has 0 N–H and O–H groups in total. The van der Waals surface area contributed by atoms with Crippen LogP contribution in [0, 0.1) is 12.3 Å². The molecular formula is C18H23N5O2. The topological polar surface area (TPSA) is 70.4 Å². The SMILES string of the molecule is C#CCCC1(CCC(=O)N(C)c2ccc(N3CCOCC3)nc2)N=N1. The molecule has 3 heterocycles. The standard InChI is InChI=1S/C18H23N5O2/c1-3-4-8-18(20-21-18)9-7-17(24)22(2)15-5-6-16(19-14-15)23-10-12-25-13-11-23/h1,5-6,14H,4,7-13H2,2H3. The second kappa shape index (κ2) is 7.62. The van der Waals surface area contributed by atoms with Crippen LogP contribution in [0.4, 0.5) is 11.5 Å². The molecule has 0 aromatic carbocycles. The van der Waals surface area contributed by atoms with Crippen molar-refractivity contribution in [1.82, 2.24) is 4.98 Å². The first-order chi connectivity index (χ1) is 12.1. The van der Waals surface area contributed by atoms with Crippen LogP contribution in [-0.2, 0) is 9.53 Å². The van der Waals surface area contributed by atoms with Gasteiger partial charge in [-0.15, -0.1) is 12.3 Å². The van der Waals surface area contributed by atoms with E-state index < -0.39 is 5.66 Å². The average Bonchev–Trinajstić information content (AvgIpc) is 3.45. The quantitative estimate of drug-likeness (QED) is 0.713. The number of anilines is 2. The summed E-state index contributed by atoms with van der Waals surface area (Å²) in [6.07, 6.45) is 9.37. The van der Waals surface area contributed by atoms with Gasteiger partial charge in [0.05, 0.1) is 25.1 Å². The van der Waals surface area contributed by atoms with E-state index in [2.05, 4.69) is 26.0 Å². The third-order valence-electron chi connectivity index (χ3n) is 4.62. The molecule has 1 aromatic rings. The van der Waals surface area contributed by atoms with E-state index in [1.807, 2.05) is 12.1 Å². The molecule has 3 rings (SSSR count). The summed E-state index contributed by atoms with van der Waals surface area (Å²) in [4.78, 5) is 20.7. The molecule has 1 saturated heterocycles. The fourth-order valence-electron chi connectivity index (χ4n) is 2.84. The Kier molecular flexibility index (Phi) is 5.29. The number of pyridine rings is 1. The summed E-state index contributed by atoms with van der Waals surface area (Å²) in [6.45, 7) is 3.13. The molecule has 7 heteroatoms. The minimum absolute atomic E-state index is 0.0262. The van der Waals surface area contributed by atoms with Gasteiger partial charge in [0.2, 0.25) is 5.91 Å². The van der Waals surface area contributed by atoms with Gasteiger partial charge in [-0.2, -0.15) is 10.2 Å². The molecule has 0 unspecified atom stereocenters. The zero-order chi connectivity index (χ0) is 17.7. The molecule has 132 valence electrons. The minimum atomic E-state index is -0.415. The molecule has 1 fully saturated rings. The number of nitrogens with zero attached hydrogens (tertiary/aromatic N) is 5. The van der Waals surface area contributed by atoms with Crippen LogP contribution in [0.3, 0.4) is 0 Å². The molecule has 0 spiro atoms. The third-order valence-corrected chi connectivity index (χ3v) is 4.62. The highest BCUT2D eigenvalue weighted by atomic mass is 16.5. The highest BCUT2D eigenvalue weighted by Gasteiger charge is 2.39. The number of ether oxygens (including phenoxy) is 1. The number of aromatic nitrogens is 1. The largest absolute Gasteiger partial charge is 0.378 e. The van der Waals surface area contributed by atoms with Crippen molar-refractivity contribution in [3.8, 4) is 12.3 Å². The fourth-order valence-corrected chi connectivity index (χ4v) is 2.84. The summed E-state index contributed by atoms with van der Waals surface area (Å²) < 4.78 is 5.35. The maximum Gasteiger partial charge on any atom is 0.226 e. The van der Waals surface area contributed by atoms with E-state index in [1.165, 1.54) is 0 Å². The number of amides is 1. The number of rotatable bonds is 7. The van der Waals surface area contributed by atoms with Gasteiger partial charge in [0.25, 0.3) is 0 Å². The number of hydrogen-bond donors (Lipinski definition) is 0. The Labute approximate surface area is 148 Å². The molecule has 25 heavy (non-hydrogen) atoms. The molecule has 0 radical (unpaired) electrons. The van der Waals surface area contributed by atoms with E-state index in [9.17, 15) is 4.79 Å². The lowest BCUT2D eigenvalue weighted by Gasteiger charge is -2.28. The summed E-state index contributed by atoms with van der Waals surface area (Å²) in [5, 5.41) is 8.14. The number of terminal acetylenes is 1. The number of hydrogen-bond acceptors (Lipinski definition) is 6. The Morgan fingerprint density at radius 1 is 1.36 bits per heavy atom. The summed E-state index contributed by atoms with van der Waals surface area (Å²) in [6, 6.07) is 3.88. The zero-order valence-electron chi connectivity index (χ0n) is 14.5. The molecule has 0 atom stereocenters. The van der Waals surface area contributed by atoms with Crippen molar-refractivity contribution >= 4 is 17.4 Å². The summed E-state index contributed by atoms with van der Waals surface area (Å²) >= 11 is 0. The second-order valence-corrected chi connectivity index (χ2v) is 6.31. The first-order valence-electron chi connectivity index (χ1n) is 8.56. The fraction of sp³-hybridized carbons (Fsp3) is 0.556. The Balaban J connectivity index is 1.52.